The Balaban J connectivity index is 2.11. The average Bonchev–Trinajstić information content (AvgIpc) is 2.95. The molecule has 0 unspecified atom stereocenters. The Morgan fingerprint density at radius 1 is 1.10 bits per heavy atom. The van der Waals surface area contributed by atoms with E-state index in [9.17, 15) is 32.3 Å². The molecule has 3 rings (SSSR count). The molecule has 0 amide bonds. The first-order valence-electron chi connectivity index (χ1n) is 8.52. The van der Waals surface area contributed by atoms with E-state index < -0.39 is 35.6 Å². The summed E-state index contributed by atoms with van der Waals surface area (Å²) in [6, 6.07) is 6.58. The molecular formula is C20H15F4NO5. The van der Waals surface area contributed by atoms with E-state index in [0.717, 1.165) is 42.0 Å². The van der Waals surface area contributed by atoms with Crippen LogP contribution in [0.2, 0.25) is 0 Å². The van der Waals surface area contributed by atoms with Gasteiger partial charge in [-0.05, 0) is 48.9 Å². The zero-order valence-electron chi connectivity index (χ0n) is 15.7. The molecule has 30 heavy (non-hydrogen) atoms. The largest absolute Gasteiger partial charge is 0.573 e. The van der Waals surface area contributed by atoms with Gasteiger partial charge in [0.05, 0.1) is 19.0 Å². The van der Waals surface area contributed by atoms with Crippen LogP contribution in [0.4, 0.5) is 17.6 Å². The number of hydrogen-bond acceptors (Lipinski definition) is 5. The Morgan fingerprint density at radius 3 is 2.30 bits per heavy atom. The van der Waals surface area contributed by atoms with Gasteiger partial charge in [-0.1, -0.05) is 0 Å². The molecule has 0 aliphatic carbocycles. The van der Waals surface area contributed by atoms with Crippen LogP contribution in [0, 0.1) is 12.7 Å². The number of carbonyl (C=O) groups excluding carboxylic acids is 2. The molecular weight excluding hydrogens is 410 g/mol. The minimum absolute atomic E-state index is 0.00243. The summed E-state index contributed by atoms with van der Waals surface area (Å²) < 4.78 is 61.1. The number of rotatable bonds is 4. The van der Waals surface area contributed by atoms with E-state index in [1.54, 1.807) is 0 Å². The number of carbonyl (C=O) groups is 2. The van der Waals surface area contributed by atoms with Gasteiger partial charge < -0.3 is 14.6 Å². The normalized spacial score (nSPS) is 11.5. The third-order valence-electron chi connectivity index (χ3n) is 4.50. The van der Waals surface area contributed by atoms with Crippen LogP contribution < -0.4 is 4.74 Å². The van der Waals surface area contributed by atoms with Crippen molar-refractivity contribution in [2.75, 3.05) is 7.11 Å². The lowest BCUT2D eigenvalue weighted by Gasteiger charge is -2.10. The van der Waals surface area contributed by atoms with Crippen LogP contribution in [0.5, 0.6) is 11.5 Å². The Bertz CT molecular complexity index is 1130. The third kappa shape index (κ3) is 3.93. The second-order valence-corrected chi connectivity index (χ2v) is 6.32. The monoisotopic (exact) mass is 425 g/mol. The molecule has 10 heteroatoms. The minimum atomic E-state index is -4.87. The highest BCUT2D eigenvalue weighted by Gasteiger charge is 2.31. The molecule has 0 aliphatic heterocycles. The van der Waals surface area contributed by atoms with Gasteiger partial charge in [0.1, 0.15) is 5.75 Å². The van der Waals surface area contributed by atoms with Gasteiger partial charge in [0, 0.05) is 16.6 Å². The number of hydrogen-bond donors (Lipinski definition) is 1. The van der Waals surface area contributed by atoms with E-state index >= 15 is 0 Å². The van der Waals surface area contributed by atoms with Crippen molar-refractivity contribution < 1.29 is 41.7 Å². The van der Waals surface area contributed by atoms with Gasteiger partial charge >= 0.3 is 12.3 Å². The summed E-state index contributed by atoms with van der Waals surface area (Å²) in [6.45, 7) is 1.48. The van der Waals surface area contributed by atoms with Gasteiger partial charge in [-0.2, -0.15) is 0 Å². The number of ether oxygens (including phenoxy) is 2. The summed E-state index contributed by atoms with van der Waals surface area (Å²) in [7, 11) is 1.15. The fourth-order valence-electron chi connectivity index (χ4n) is 3.15. The summed E-state index contributed by atoms with van der Waals surface area (Å²) >= 11 is 0. The predicted octanol–water partition coefficient (Wildman–Crippen LogP) is 4.10. The first-order chi connectivity index (χ1) is 14.0. The maximum Gasteiger partial charge on any atom is 0.573 e. The van der Waals surface area contributed by atoms with Gasteiger partial charge in [-0.15, -0.1) is 13.2 Å². The first-order valence-corrected chi connectivity index (χ1v) is 8.52. The molecule has 1 aromatic heterocycles. The molecule has 0 saturated heterocycles. The summed E-state index contributed by atoms with van der Waals surface area (Å²) in [4.78, 5) is 24.8. The highest BCUT2D eigenvalue weighted by atomic mass is 19.4. The molecule has 0 spiro atoms. The zero-order chi connectivity index (χ0) is 22.2. The van der Waals surface area contributed by atoms with Gasteiger partial charge in [0.2, 0.25) is 0 Å². The van der Waals surface area contributed by atoms with Crippen molar-refractivity contribution in [1.29, 1.82) is 0 Å². The smallest absolute Gasteiger partial charge is 0.505 e. The number of alkyl halides is 3. The average molecular weight is 425 g/mol. The van der Waals surface area contributed by atoms with E-state index in [4.69, 9.17) is 0 Å². The minimum Gasteiger partial charge on any atom is -0.505 e. The van der Waals surface area contributed by atoms with Crippen molar-refractivity contribution in [1.82, 2.24) is 4.57 Å². The summed E-state index contributed by atoms with van der Waals surface area (Å²) in [5, 5.41) is 9.60. The quantitative estimate of drug-likeness (QED) is 0.503. The van der Waals surface area contributed by atoms with E-state index in [0.29, 0.717) is 0 Å². The lowest BCUT2D eigenvalue weighted by molar-refractivity contribution is -0.274. The number of phenols is 1. The lowest BCUT2D eigenvalue weighted by atomic mass is 10.1. The molecule has 2 aromatic carbocycles. The molecule has 0 bridgehead atoms. The molecule has 6 nitrogen and oxygen atoms in total. The van der Waals surface area contributed by atoms with E-state index in [1.165, 1.54) is 13.0 Å². The lowest BCUT2D eigenvalue weighted by Crippen LogP contribution is -2.17. The number of aromatic nitrogens is 1. The molecule has 0 saturated carbocycles. The molecule has 0 fully saturated rings. The van der Waals surface area contributed by atoms with Crippen LogP contribution in [-0.2, 0) is 16.0 Å². The van der Waals surface area contributed by atoms with Crippen molar-refractivity contribution in [3.63, 3.8) is 0 Å². The van der Waals surface area contributed by atoms with Crippen molar-refractivity contribution in [2.45, 2.75) is 19.7 Å². The third-order valence-corrected chi connectivity index (χ3v) is 4.50. The summed E-state index contributed by atoms with van der Waals surface area (Å²) in [5.74, 6) is -3.52. The highest BCUT2D eigenvalue weighted by Crippen LogP contribution is 2.34. The fourth-order valence-corrected chi connectivity index (χ4v) is 3.15. The van der Waals surface area contributed by atoms with Crippen molar-refractivity contribution in [3.8, 4) is 11.5 Å². The number of fused-ring (bicyclic) bond motifs is 1. The predicted molar refractivity (Wildman–Crippen MR) is 96.9 cm³/mol. The summed E-state index contributed by atoms with van der Waals surface area (Å²) in [6.07, 6.45) is -5.22. The first kappa shape index (κ1) is 21.2. The number of nitrogens with zero attached hydrogens (tertiary/aromatic N) is 1. The molecule has 158 valence electrons. The van der Waals surface area contributed by atoms with Crippen LogP contribution in [0.15, 0.2) is 36.4 Å². The highest BCUT2D eigenvalue weighted by molar-refractivity contribution is 6.05. The van der Waals surface area contributed by atoms with Crippen LogP contribution in [0.25, 0.3) is 10.9 Å². The standard InChI is InChI=1S/C20H15F4NO5/c1-10-13(9-16(27)29-2)17-14(7-8-15(26)18(17)21)25(10)19(28)11-3-5-12(6-4-11)30-20(22,23)24/h3-8,26H,9H2,1-2H3. The van der Waals surface area contributed by atoms with Crippen LogP contribution in [0.3, 0.4) is 0 Å². The number of phenolic OH excluding ortho intramolecular Hbond substituents is 1. The summed E-state index contributed by atoms with van der Waals surface area (Å²) in [5.41, 5.74) is 0.459. The number of esters is 1. The van der Waals surface area contributed by atoms with Crippen LogP contribution in [0.1, 0.15) is 21.6 Å². The maximum absolute atomic E-state index is 14.6. The second kappa shape index (κ2) is 7.69. The number of methoxy groups -OCH3 is 1. The van der Waals surface area contributed by atoms with Crippen molar-refractivity contribution in [2.24, 2.45) is 0 Å². The van der Waals surface area contributed by atoms with E-state index in [-0.39, 0.29) is 34.1 Å². The SMILES string of the molecule is COC(=O)Cc1c(C)n(C(=O)c2ccc(OC(F)(F)F)cc2)c2ccc(O)c(F)c12. The van der Waals surface area contributed by atoms with Crippen molar-refractivity contribution in [3.05, 3.63) is 59.0 Å². The maximum atomic E-state index is 14.6. The number of halogens is 4. The number of aromatic hydroxyl groups is 1. The van der Waals surface area contributed by atoms with Crippen LogP contribution >= 0.6 is 0 Å². The topological polar surface area (TPSA) is 77.8 Å². The molecule has 3 aromatic rings. The zero-order valence-corrected chi connectivity index (χ0v) is 15.7. The van der Waals surface area contributed by atoms with Gasteiger partial charge in [-0.25, -0.2) is 4.39 Å². The van der Waals surface area contributed by atoms with E-state index in [1.807, 2.05) is 0 Å². The van der Waals surface area contributed by atoms with Crippen molar-refractivity contribution >= 4 is 22.8 Å². The second-order valence-electron chi connectivity index (χ2n) is 6.32. The van der Waals surface area contributed by atoms with Gasteiger partial charge in [0.25, 0.3) is 5.91 Å². The molecule has 0 atom stereocenters. The fraction of sp³-hybridized carbons (Fsp3) is 0.200. The molecule has 1 heterocycles. The number of benzene rings is 2. The molecule has 0 aliphatic rings. The van der Waals surface area contributed by atoms with E-state index in [2.05, 4.69) is 9.47 Å². The van der Waals surface area contributed by atoms with Gasteiger partial charge in [0.15, 0.2) is 11.6 Å². The Labute approximate surface area is 167 Å². The Hall–Kier alpha value is -3.56. The van der Waals surface area contributed by atoms with Gasteiger partial charge in [-0.3, -0.25) is 14.2 Å². The Morgan fingerprint density at radius 2 is 1.73 bits per heavy atom. The molecule has 0 radical (unpaired) electrons. The van der Waals surface area contributed by atoms with Crippen LogP contribution in [-0.4, -0.2) is 35.0 Å². The molecule has 1 N–H and O–H groups in total. The Kier molecular flexibility index (Phi) is 5.43.